The van der Waals surface area contributed by atoms with Gasteiger partial charge in [0.15, 0.2) is 5.79 Å². The maximum Gasteiger partial charge on any atom is 0.169 e. The minimum absolute atomic E-state index is 0.204. The SMILES string of the molecule is CC(C)C1CCC2(CCC(C(C)C)O2)O1. The Morgan fingerprint density at radius 3 is 1.53 bits per heavy atom. The van der Waals surface area contributed by atoms with Gasteiger partial charge in [0.2, 0.25) is 0 Å². The lowest BCUT2D eigenvalue weighted by Crippen LogP contribution is -2.31. The van der Waals surface area contributed by atoms with E-state index in [0.717, 1.165) is 12.8 Å². The van der Waals surface area contributed by atoms with Gasteiger partial charge in [-0.15, -0.1) is 0 Å². The van der Waals surface area contributed by atoms with E-state index >= 15 is 0 Å². The Balaban J connectivity index is 1.95. The molecule has 2 aliphatic rings. The molecule has 0 bridgehead atoms. The summed E-state index contributed by atoms with van der Waals surface area (Å²) in [5.41, 5.74) is 0. The second-order valence-electron chi connectivity index (χ2n) is 5.79. The first-order valence-corrected chi connectivity index (χ1v) is 6.38. The van der Waals surface area contributed by atoms with Crippen molar-refractivity contribution in [2.24, 2.45) is 11.8 Å². The molecule has 2 fully saturated rings. The molecule has 0 saturated carbocycles. The number of ether oxygens (including phenoxy) is 2. The van der Waals surface area contributed by atoms with Crippen LogP contribution < -0.4 is 0 Å². The van der Waals surface area contributed by atoms with Crippen molar-refractivity contribution in [3.63, 3.8) is 0 Å². The first-order valence-electron chi connectivity index (χ1n) is 6.38. The van der Waals surface area contributed by atoms with Crippen molar-refractivity contribution in [3.05, 3.63) is 0 Å². The van der Waals surface area contributed by atoms with Crippen LogP contribution in [0.25, 0.3) is 0 Å². The van der Waals surface area contributed by atoms with Crippen molar-refractivity contribution in [3.8, 4) is 0 Å². The Bertz CT molecular complexity index is 199. The predicted molar refractivity (Wildman–Crippen MR) is 60.6 cm³/mol. The molecule has 2 unspecified atom stereocenters. The molecule has 2 nitrogen and oxygen atoms in total. The molecule has 2 heteroatoms. The Morgan fingerprint density at radius 1 is 0.867 bits per heavy atom. The first kappa shape index (κ1) is 11.4. The molecule has 0 amide bonds. The van der Waals surface area contributed by atoms with Gasteiger partial charge in [-0.25, -0.2) is 0 Å². The highest BCUT2D eigenvalue weighted by molar-refractivity contribution is 4.89. The predicted octanol–water partition coefficient (Wildman–Crippen LogP) is 3.35. The summed E-state index contributed by atoms with van der Waals surface area (Å²) >= 11 is 0. The van der Waals surface area contributed by atoms with E-state index in [0.29, 0.717) is 24.0 Å². The second kappa shape index (κ2) is 4.06. The van der Waals surface area contributed by atoms with Gasteiger partial charge in [0, 0.05) is 12.8 Å². The topological polar surface area (TPSA) is 18.5 Å². The average molecular weight is 212 g/mol. The fraction of sp³-hybridized carbons (Fsp3) is 1.00. The molecule has 2 rings (SSSR count). The van der Waals surface area contributed by atoms with Crippen LogP contribution in [0.5, 0.6) is 0 Å². The monoisotopic (exact) mass is 212 g/mol. The molecule has 2 heterocycles. The standard InChI is InChI=1S/C13H24O2/c1-9(2)11-5-7-13(14-11)8-6-12(15-13)10(3)4/h9-12H,5-8H2,1-4H3. The molecule has 0 aromatic carbocycles. The van der Waals surface area contributed by atoms with Crippen LogP contribution in [0, 0.1) is 11.8 Å². The van der Waals surface area contributed by atoms with E-state index in [-0.39, 0.29) is 5.79 Å². The van der Waals surface area contributed by atoms with E-state index in [1.54, 1.807) is 0 Å². The van der Waals surface area contributed by atoms with E-state index in [1.807, 2.05) is 0 Å². The van der Waals surface area contributed by atoms with Gasteiger partial charge in [0.25, 0.3) is 0 Å². The third kappa shape index (κ3) is 2.21. The van der Waals surface area contributed by atoms with Crippen molar-refractivity contribution < 1.29 is 9.47 Å². The molecule has 0 aromatic heterocycles. The summed E-state index contributed by atoms with van der Waals surface area (Å²) in [4.78, 5) is 0. The van der Waals surface area contributed by atoms with E-state index in [1.165, 1.54) is 12.8 Å². The molecule has 15 heavy (non-hydrogen) atoms. The van der Waals surface area contributed by atoms with Gasteiger partial charge in [-0.1, -0.05) is 27.7 Å². The molecule has 88 valence electrons. The van der Waals surface area contributed by atoms with Crippen LogP contribution in [-0.2, 0) is 9.47 Å². The minimum atomic E-state index is -0.204. The quantitative estimate of drug-likeness (QED) is 0.699. The Kier molecular flexibility index (Phi) is 3.09. The highest BCUT2D eigenvalue weighted by Gasteiger charge is 2.48. The maximum absolute atomic E-state index is 6.13. The summed E-state index contributed by atoms with van der Waals surface area (Å²) < 4.78 is 12.3. The molecule has 2 aliphatic heterocycles. The highest BCUT2D eigenvalue weighted by atomic mass is 16.7. The van der Waals surface area contributed by atoms with Crippen LogP contribution in [-0.4, -0.2) is 18.0 Å². The Morgan fingerprint density at radius 2 is 1.27 bits per heavy atom. The van der Waals surface area contributed by atoms with Crippen LogP contribution in [0.1, 0.15) is 53.4 Å². The largest absolute Gasteiger partial charge is 0.346 e. The van der Waals surface area contributed by atoms with E-state index in [2.05, 4.69) is 27.7 Å². The lowest BCUT2D eigenvalue weighted by molar-refractivity contribution is -0.226. The van der Waals surface area contributed by atoms with E-state index < -0.39 is 0 Å². The molecule has 0 aromatic rings. The van der Waals surface area contributed by atoms with Crippen LogP contribution in [0.3, 0.4) is 0 Å². The number of hydrogen-bond donors (Lipinski definition) is 0. The van der Waals surface area contributed by atoms with Crippen molar-refractivity contribution in [2.45, 2.75) is 71.4 Å². The normalized spacial score (nSPS) is 41.2. The zero-order valence-corrected chi connectivity index (χ0v) is 10.5. The summed E-state index contributed by atoms with van der Waals surface area (Å²) in [7, 11) is 0. The zero-order valence-electron chi connectivity index (χ0n) is 10.5. The van der Waals surface area contributed by atoms with Crippen LogP contribution in [0.2, 0.25) is 0 Å². The molecular weight excluding hydrogens is 188 g/mol. The summed E-state index contributed by atoms with van der Waals surface area (Å²) in [6, 6.07) is 0. The van der Waals surface area contributed by atoms with Gasteiger partial charge in [-0.2, -0.15) is 0 Å². The Labute approximate surface area is 93.3 Å². The van der Waals surface area contributed by atoms with Crippen molar-refractivity contribution >= 4 is 0 Å². The molecule has 2 atom stereocenters. The Hall–Kier alpha value is -0.0800. The van der Waals surface area contributed by atoms with Crippen LogP contribution in [0.15, 0.2) is 0 Å². The summed E-state index contributed by atoms with van der Waals surface area (Å²) in [6.45, 7) is 8.94. The lowest BCUT2D eigenvalue weighted by Gasteiger charge is -2.27. The summed E-state index contributed by atoms with van der Waals surface area (Å²) in [5, 5.41) is 0. The van der Waals surface area contributed by atoms with Gasteiger partial charge in [-0.3, -0.25) is 0 Å². The van der Waals surface area contributed by atoms with Gasteiger partial charge >= 0.3 is 0 Å². The summed E-state index contributed by atoms with van der Waals surface area (Å²) in [5.74, 6) is 1.03. The van der Waals surface area contributed by atoms with Gasteiger partial charge in [0.05, 0.1) is 12.2 Å². The molecule has 1 spiro atoms. The van der Waals surface area contributed by atoms with Gasteiger partial charge < -0.3 is 9.47 Å². The van der Waals surface area contributed by atoms with Crippen molar-refractivity contribution in [2.75, 3.05) is 0 Å². The third-order valence-electron chi connectivity index (χ3n) is 3.84. The third-order valence-corrected chi connectivity index (χ3v) is 3.84. The fourth-order valence-corrected chi connectivity index (χ4v) is 2.72. The van der Waals surface area contributed by atoms with Gasteiger partial charge in [-0.05, 0) is 24.7 Å². The highest BCUT2D eigenvalue weighted by Crippen LogP contribution is 2.44. The zero-order chi connectivity index (χ0) is 11.1. The maximum atomic E-state index is 6.13. The van der Waals surface area contributed by atoms with E-state index in [4.69, 9.17) is 9.47 Å². The van der Waals surface area contributed by atoms with E-state index in [9.17, 15) is 0 Å². The van der Waals surface area contributed by atoms with Crippen molar-refractivity contribution in [1.82, 2.24) is 0 Å². The van der Waals surface area contributed by atoms with Crippen LogP contribution in [0.4, 0.5) is 0 Å². The molecular formula is C13H24O2. The molecule has 0 radical (unpaired) electrons. The van der Waals surface area contributed by atoms with Gasteiger partial charge in [0.1, 0.15) is 0 Å². The minimum Gasteiger partial charge on any atom is -0.346 e. The molecule has 2 saturated heterocycles. The van der Waals surface area contributed by atoms with Crippen molar-refractivity contribution in [1.29, 1.82) is 0 Å². The average Bonchev–Trinajstić information content (AvgIpc) is 2.74. The molecule has 0 aliphatic carbocycles. The fourth-order valence-electron chi connectivity index (χ4n) is 2.72. The van der Waals surface area contributed by atoms with Crippen LogP contribution >= 0.6 is 0 Å². The number of hydrogen-bond acceptors (Lipinski definition) is 2. The second-order valence-corrected chi connectivity index (χ2v) is 5.79. The number of rotatable bonds is 2. The smallest absolute Gasteiger partial charge is 0.169 e. The first-order chi connectivity index (χ1) is 7.02. The molecule has 0 N–H and O–H groups in total. The summed E-state index contributed by atoms with van der Waals surface area (Å²) in [6.07, 6.45) is 5.36. The lowest BCUT2D eigenvalue weighted by atomic mass is 10.0.